The minimum atomic E-state index is -0.254. The lowest BCUT2D eigenvalue weighted by Gasteiger charge is -2.39. The van der Waals surface area contributed by atoms with Gasteiger partial charge in [-0.15, -0.1) is 0 Å². The van der Waals surface area contributed by atoms with Crippen LogP contribution in [-0.2, 0) is 22.6 Å². The summed E-state index contributed by atoms with van der Waals surface area (Å²) in [6.07, 6.45) is 2.88. The molecule has 5 rings (SSSR count). The first-order valence-corrected chi connectivity index (χ1v) is 13.1. The molecule has 0 aliphatic carbocycles. The number of benzene rings is 2. The van der Waals surface area contributed by atoms with E-state index >= 15 is 0 Å². The molecule has 1 saturated heterocycles. The van der Waals surface area contributed by atoms with Crippen LogP contribution in [0.4, 0.5) is 0 Å². The zero-order chi connectivity index (χ0) is 25.8. The van der Waals surface area contributed by atoms with E-state index in [1.807, 2.05) is 49.1 Å². The highest BCUT2D eigenvalue weighted by molar-refractivity contribution is 5.91. The van der Waals surface area contributed by atoms with Gasteiger partial charge in [0.15, 0.2) is 5.76 Å². The lowest BCUT2D eigenvalue weighted by molar-refractivity contribution is -0.136. The van der Waals surface area contributed by atoms with Crippen molar-refractivity contribution in [3.05, 3.63) is 88.9 Å². The van der Waals surface area contributed by atoms with Gasteiger partial charge >= 0.3 is 0 Å². The molecule has 1 aromatic heterocycles. The lowest BCUT2D eigenvalue weighted by Crippen LogP contribution is -2.42. The van der Waals surface area contributed by atoms with Crippen molar-refractivity contribution in [3.8, 4) is 5.75 Å². The number of nitrogens with one attached hydrogen (secondary N) is 1. The van der Waals surface area contributed by atoms with Crippen LogP contribution in [0.2, 0.25) is 0 Å². The third kappa shape index (κ3) is 5.72. The second-order valence-corrected chi connectivity index (χ2v) is 10.0. The van der Waals surface area contributed by atoms with Crippen molar-refractivity contribution < 1.29 is 23.5 Å². The van der Waals surface area contributed by atoms with Gasteiger partial charge in [-0.3, -0.25) is 9.59 Å². The zero-order valence-electron chi connectivity index (χ0n) is 21.4. The third-order valence-corrected chi connectivity index (χ3v) is 7.02. The Morgan fingerprint density at radius 2 is 1.95 bits per heavy atom. The van der Waals surface area contributed by atoms with E-state index in [0.29, 0.717) is 24.6 Å². The van der Waals surface area contributed by atoms with Gasteiger partial charge in [0.2, 0.25) is 5.91 Å². The SMILES string of the molecule is CC(C)C(=O)N1CCc2ccc(OCc3ccc(C(=O)NC[C@H]4CCCO4)o3)cc2[C@H]1c1ccccc1. The highest BCUT2D eigenvalue weighted by atomic mass is 16.5. The van der Waals surface area contributed by atoms with Gasteiger partial charge in [0, 0.05) is 25.6 Å². The third-order valence-electron chi connectivity index (χ3n) is 7.02. The quantitative estimate of drug-likeness (QED) is 0.474. The predicted octanol–water partition coefficient (Wildman–Crippen LogP) is 4.90. The maximum Gasteiger partial charge on any atom is 0.287 e. The number of amides is 2. The second kappa shape index (κ2) is 11.2. The second-order valence-electron chi connectivity index (χ2n) is 10.0. The van der Waals surface area contributed by atoms with Crippen LogP contribution in [0, 0.1) is 5.92 Å². The number of carbonyl (C=O) groups excluding carboxylic acids is 2. The minimum absolute atomic E-state index is 0.0803. The zero-order valence-corrected chi connectivity index (χ0v) is 21.4. The van der Waals surface area contributed by atoms with Gasteiger partial charge < -0.3 is 24.1 Å². The number of rotatable bonds is 8. The van der Waals surface area contributed by atoms with Crippen LogP contribution in [0.1, 0.15) is 65.7 Å². The van der Waals surface area contributed by atoms with Gasteiger partial charge in [0.05, 0.1) is 12.1 Å². The normalized spacial score (nSPS) is 19.1. The minimum Gasteiger partial charge on any atom is -0.486 e. The number of fused-ring (bicyclic) bond motifs is 1. The molecule has 1 fully saturated rings. The largest absolute Gasteiger partial charge is 0.486 e. The molecular formula is C30H34N2O5. The van der Waals surface area contributed by atoms with Crippen LogP contribution in [0.15, 0.2) is 65.1 Å². The summed E-state index contributed by atoms with van der Waals surface area (Å²) in [6.45, 7) is 6.01. The van der Waals surface area contributed by atoms with Crippen LogP contribution in [-0.4, -0.2) is 42.5 Å². The highest BCUT2D eigenvalue weighted by Crippen LogP contribution is 2.38. The Bertz CT molecular complexity index is 1230. The molecule has 1 N–H and O–H groups in total. The fourth-order valence-corrected chi connectivity index (χ4v) is 5.08. The molecular weight excluding hydrogens is 468 g/mol. The first-order valence-electron chi connectivity index (χ1n) is 13.1. The van der Waals surface area contributed by atoms with Crippen LogP contribution in [0.5, 0.6) is 5.75 Å². The van der Waals surface area contributed by atoms with Crippen molar-refractivity contribution in [1.29, 1.82) is 0 Å². The predicted molar refractivity (Wildman–Crippen MR) is 139 cm³/mol. The molecule has 0 saturated carbocycles. The lowest BCUT2D eigenvalue weighted by atomic mass is 9.87. The van der Waals surface area contributed by atoms with E-state index in [2.05, 4.69) is 23.5 Å². The maximum absolute atomic E-state index is 13.1. The highest BCUT2D eigenvalue weighted by Gasteiger charge is 2.33. The topological polar surface area (TPSA) is 81.0 Å². The Kier molecular flexibility index (Phi) is 7.60. The number of ether oxygens (including phenoxy) is 2. The Morgan fingerprint density at radius 3 is 2.70 bits per heavy atom. The number of hydrogen-bond donors (Lipinski definition) is 1. The molecule has 2 amide bonds. The van der Waals surface area contributed by atoms with Crippen molar-refractivity contribution in [1.82, 2.24) is 10.2 Å². The molecule has 3 heterocycles. The summed E-state index contributed by atoms with van der Waals surface area (Å²) in [5.41, 5.74) is 3.38. The van der Waals surface area contributed by atoms with E-state index in [-0.39, 0.29) is 42.2 Å². The van der Waals surface area contributed by atoms with E-state index in [0.717, 1.165) is 37.0 Å². The number of hydrogen-bond acceptors (Lipinski definition) is 5. The monoisotopic (exact) mass is 502 g/mol. The van der Waals surface area contributed by atoms with Crippen LogP contribution < -0.4 is 10.1 Å². The van der Waals surface area contributed by atoms with Crippen LogP contribution in [0.3, 0.4) is 0 Å². The summed E-state index contributed by atoms with van der Waals surface area (Å²) in [4.78, 5) is 27.5. The Morgan fingerprint density at radius 1 is 1.11 bits per heavy atom. The van der Waals surface area contributed by atoms with Gasteiger partial charge in [-0.1, -0.05) is 50.2 Å². The van der Waals surface area contributed by atoms with E-state index in [1.54, 1.807) is 12.1 Å². The molecule has 194 valence electrons. The molecule has 3 aromatic rings. The summed E-state index contributed by atoms with van der Waals surface area (Å²) in [6, 6.07) is 19.5. The summed E-state index contributed by atoms with van der Waals surface area (Å²) in [5, 5.41) is 2.87. The molecule has 2 aromatic carbocycles. The molecule has 2 aliphatic rings. The van der Waals surface area contributed by atoms with Gasteiger partial charge in [0.25, 0.3) is 5.91 Å². The van der Waals surface area contributed by atoms with Gasteiger partial charge in [0.1, 0.15) is 18.1 Å². The average Bonchev–Trinajstić information content (AvgIpc) is 3.62. The molecule has 37 heavy (non-hydrogen) atoms. The Hall–Kier alpha value is -3.58. The fourth-order valence-electron chi connectivity index (χ4n) is 5.08. The average molecular weight is 503 g/mol. The van der Waals surface area contributed by atoms with Crippen LogP contribution >= 0.6 is 0 Å². The molecule has 2 aliphatic heterocycles. The fraction of sp³-hybridized carbons (Fsp3) is 0.400. The molecule has 7 nitrogen and oxygen atoms in total. The van der Waals surface area contributed by atoms with Gasteiger partial charge in [-0.2, -0.15) is 0 Å². The van der Waals surface area contributed by atoms with E-state index in [9.17, 15) is 9.59 Å². The van der Waals surface area contributed by atoms with E-state index in [4.69, 9.17) is 13.9 Å². The van der Waals surface area contributed by atoms with Gasteiger partial charge in [-0.05, 0) is 60.2 Å². The summed E-state index contributed by atoms with van der Waals surface area (Å²) in [7, 11) is 0. The molecule has 7 heteroatoms. The van der Waals surface area contributed by atoms with E-state index in [1.165, 1.54) is 5.56 Å². The number of furan rings is 1. The summed E-state index contributed by atoms with van der Waals surface area (Å²) >= 11 is 0. The molecule has 0 spiro atoms. The van der Waals surface area contributed by atoms with Gasteiger partial charge in [-0.25, -0.2) is 0 Å². The molecule has 0 radical (unpaired) electrons. The Balaban J connectivity index is 1.29. The van der Waals surface area contributed by atoms with Crippen molar-refractivity contribution in [3.63, 3.8) is 0 Å². The van der Waals surface area contributed by atoms with Crippen LogP contribution in [0.25, 0.3) is 0 Å². The smallest absolute Gasteiger partial charge is 0.287 e. The number of carbonyl (C=O) groups is 2. The first-order chi connectivity index (χ1) is 18.0. The van der Waals surface area contributed by atoms with E-state index < -0.39 is 0 Å². The molecule has 0 unspecified atom stereocenters. The van der Waals surface area contributed by atoms with Crippen molar-refractivity contribution in [2.45, 2.75) is 51.9 Å². The molecule has 0 bridgehead atoms. The first kappa shape index (κ1) is 25.1. The summed E-state index contributed by atoms with van der Waals surface area (Å²) < 4.78 is 17.4. The van der Waals surface area contributed by atoms with Crippen molar-refractivity contribution in [2.24, 2.45) is 5.92 Å². The van der Waals surface area contributed by atoms with Crippen molar-refractivity contribution >= 4 is 11.8 Å². The number of nitrogens with zero attached hydrogens (tertiary/aromatic N) is 1. The van der Waals surface area contributed by atoms with Crippen molar-refractivity contribution in [2.75, 3.05) is 19.7 Å². The Labute approximate surface area is 217 Å². The standard InChI is InChI=1S/C30H34N2O5/c1-20(2)30(34)32-15-14-21-10-11-23(17-26(21)28(32)22-7-4-3-5-8-22)36-19-25-12-13-27(37-25)29(33)31-18-24-9-6-16-35-24/h3-5,7-8,10-13,17,20,24,28H,6,9,14-16,18-19H2,1-2H3,(H,31,33)/t24-,28-/m1/s1. The molecule has 2 atom stereocenters. The maximum atomic E-state index is 13.1. The summed E-state index contributed by atoms with van der Waals surface area (Å²) in [5.74, 6) is 1.33.